The van der Waals surface area contributed by atoms with Crippen LogP contribution in [-0.4, -0.2) is 41.5 Å². The van der Waals surface area contributed by atoms with Gasteiger partial charge in [-0.1, -0.05) is 48.5 Å². The summed E-state index contributed by atoms with van der Waals surface area (Å²) >= 11 is 0. The van der Waals surface area contributed by atoms with Crippen LogP contribution < -0.4 is 4.74 Å². The van der Waals surface area contributed by atoms with Crippen molar-refractivity contribution in [1.29, 1.82) is 0 Å². The average molecular weight is 365 g/mol. The van der Waals surface area contributed by atoms with E-state index in [0.29, 0.717) is 21.2 Å². The molecule has 0 amide bonds. The third-order valence-corrected chi connectivity index (χ3v) is 4.87. The van der Waals surface area contributed by atoms with Crippen molar-refractivity contribution in [1.82, 2.24) is 4.31 Å². The van der Waals surface area contributed by atoms with E-state index in [4.69, 9.17) is 4.74 Å². The van der Waals surface area contributed by atoms with Crippen molar-refractivity contribution >= 4 is 16.3 Å². The molecule has 2 rings (SSSR count). The summed E-state index contributed by atoms with van der Waals surface area (Å²) in [6, 6.07) is 12.6. The second kappa shape index (κ2) is 7.64. The van der Waals surface area contributed by atoms with Crippen LogP contribution in [0.4, 0.5) is 0 Å². The molecule has 2 atom stereocenters. The standard InChI is InChI=1S/C17H19NO6S/c1-12(17(19)20)18(25(21,22)23)16(13-8-4-3-5-9-13)14-10-6-7-11-15(14)24-2/h3-12,16H,1-2H3,(H,19,20)(H,21,22,23)/t12-,16?/m0/s1. The van der Waals surface area contributed by atoms with Crippen LogP contribution in [0.2, 0.25) is 0 Å². The number of hydrogen-bond acceptors (Lipinski definition) is 4. The van der Waals surface area contributed by atoms with Gasteiger partial charge in [0, 0.05) is 5.56 Å². The molecule has 2 aromatic rings. The number of methoxy groups -OCH3 is 1. The maximum Gasteiger partial charge on any atom is 0.337 e. The van der Waals surface area contributed by atoms with Crippen LogP contribution >= 0.6 is 0 Å². The first-order valence-electron chi connectivity index (χ1n) is 7.44. The Balaban J connectivity index is 2.75. The Hall–Kier alpha value is -2.42. The predicted octanol–water partition coefficient (Wildman–Crippen LogP) is 2.36. The summed E-state index contributed by atoms with van der Waals surface area (Å²) in [7, 11) is -3.40. The van der Waals surface area contributed by atoms with Gasteiger partial charge in [-0.05, 0) is 18.6 Å². The van der Waals surface area contributed by atoms with E-state index in [0.717, 1.165) is 0 Å². The van der Waals surface area contributed by atoms with E-state index in [9.17, 15) is 22.9 Å². The van der Waals surface area contributed by atoms with Gasteiger partial charge in [0.05, 0.1) is 13.2 Å². The second-order valence-corrected chi connectivity index (χ2v) is 6.69. The first-order chi connectivity index (χ1) is 11.8. The summed E-state index contributed by atoms with van der Waals surface area (Å²) in [5.41, 5.74) is 0.916. The van der Waals surface area contributed by atoms with Crippen LogP contribution in [0.1, 0.15) is 24.1 Å². The van der Waals surface area contributed by atoms with Crippen LogP contribution in [0.5, 0.6) is 5.75 Å². The fraction of sp³-hybridized carbons (Fsp3) is 0.235. The van der Waals surface area contributed by atoms with Crippen molar-refractivity contribution in [2.75, 3.05) is 7.11 Å². The molecule has 0 saturated carbocycles. The van der Waals surface area contributed by atoms with Crippen LogP contribution in [0.3, 0.4) is 0 Å². The summed E-state index contributed by atoms with van der Waals surface area (Å²) in [5, 5.41) is 9.34. The number of benzene rings is 2. The third kappa shape index (κ3) is 4.16. The Morgan fingerprint density at radius 2 is 1.64 bits per heavy atom. The van der Waals surface area contributed by atoms with Crippen molar-refractivity contribution in [3.05, 3.63) is 65.7 Å². The van der Waals surface area contributed by atoms with E-state index < -0.39 is 28.4 Å². The highest BCUT2D eigenvalue weighted by Gasteiger charge is 2.39. The Morgan fingerprint density at radius 1 is 1.08 bits per heavy atom. The summed E-state index contributed by atoms with van der Waals surface area (Å²) in [5.74, 6) is -1.00. The van der Waals surface area contributed by atoms with Crippen molar-refractivity contribution in [2.24, 2.45) is 0 Å². The molecule has 0 aliphatic heterocycles. The van der Waals surface area contributed by atoms with Gasteiger partial charge in [-0.3, -0.25) is 9.35 Å². The molecule has 0 aromatic heterocycles. The molecular formula is C17H19NO6S. The maximum absolute atomic E-state index is 12.0. The normalized spacial score (nSPS) is 14.1. The summed E-state index contributed by atoms with van der Waals surface area (Å²) in [6.07, 6.45) is 0. The van der Waals surface area contributed by atoms with E-state index in [-0.39, 0.29) is 0 Å². The van der Waals surface area contributed by atoms with Crippen molar-refractivity contribution in [2.45, 2.75) is 19.0 Å². The SMILES string of the molecule is COc1ccccc1C(c1ccccc1)N([C@@H](C)C(=O)O)S(=O)(=O)O. The average Bonchev–Trinajstić information content (AvgIpc) is 2.58. The zero-order chi connectivity index (χ0) is 18.6. The molecular weight excluding hydrogens is 346 g/mol. The molecule has 0 radical (unpaired) electrons. The molecule has 134 valence electrons. The Kier molecular flexibility index (Phi) is 5.78. The third-order valence-electron chi connectivity index (χ3n) is 3.81. The Bertz CT molecular complexity index is 837. The van der Waals surface area contributed by atoms with E-state index in [1.165, 1.54) is 14.0 Å². The molecule has 2 aromatic carbocycles. The molecule has 0 heterocycles. The first-order valence-corrected chi connectivity index (χ1v) is 8.83. The number of carboxylic acids is 1. The number of para-hydroxylation sites is 1. The van der Waals surface area contributed by atoms with E-state index in [2.05, 4.69) is 0 Å². The smallest absolute Gasteiger partial charge is 0.337 e. The molecule has 2 N–H and O–H groups in total. The fourth-order valence-corrected chi connectivity index (χ4v) is 3.65. The Morgan fingerprint density at radius 3 is 2.16 bits per heavy atom. The van der Waals surface area contributed by atoms with E-state index in [1.54, 1.807) is 54.6 Å². The number of rotatable bonds is 7. The van der Waals surface area contributed by atoms with Gasteiger partial charge in [-0.25, -0.2) is 0 Å². The van der Waals surface area contributed by atoms with Crippen LogP contribution in [-0.2, 0) is 15.1 Å². The molecule has 8 heteroatoms. The second-order valence-electron chi connectivity index (χ2n) is 5.38. The number of nitrogens with zero attached hydrogens (tertiary/aromatic N) is 1. The molecule has 0 aliphatic carbocycles. The van der Waals surface area contributed by atoms with E-state index >= 15 is 0 Å². The summed E-state index contributed by atoms with van der Waals surface area (Å²) < 4.78 is 39.7. The quantitative estimate of drug-likeness (QED) is 0.730. The van der Waals surface area contributed by atoms with Gasteiger partial charge in [0.15, 0.2) is 0 Å². The minimum absolute atomic E-state index is 0.377. The summed E-state index contributed by atoms with van der Waals surface area (Å²) in [6.45, 7) is 1.20. The van der Waals surface area contributed by atoms with Crippen LogP contribution in [0.25, 0.3) is 0 Å². The molecule has 7 nitrogen and oxygen atoms in total. The van der Waals surface area contributed by atoms with Gasteiger partial charge >= 0.3 is 16.3 Å². The van der Waals surface area contributed by atoms with Crippen LogP contribution in [0.15, 0.2) is 54.6 Å². The highest BCUT2D eigenvalue weighted by molar-refractivity contribution is 7.83. The number of ether oxygens (including phenoxy) is 1. The van der Waals surface area contributed by atoms with Crippen molar-refractivity contribution in [3.63, 3.8) is 0 Å². The van der Waals surface area contributed by atoms with Gasteiger partial charge in [0.2, 0.25) is 0 Å². The molecule has 0 aliphatic rings. The summed E-state index contributed by atoms with van der Waals surface area (Å²) in [4.78, 5) is 11.5. The minimum atomic E-state index is -4.83. The molecule has 25 heavy (non-hydrogen) atoms. The van der Waals surface area contributed by atoms with Crippen molar-refractivity contribution in [3.8, 4) is 5.75 Å². The zero-order valence-corrected chi connectivity index (χ0v) is 14.6. The van der Waals surface area contributed by atoms with Gasteiger partial charge in [0.1, 0.15) is 11.8 Å². The number of carbonyl (C=O) groups is 1. The highest BCUT2D eigenvalue weighted by atomic mass is 32.2. The largest absolute Gasteiger partial charge is 0.496 e. The molecule has 1 unspecified atom stereocenters. The lowest BCUT2D eigenvalue weighted by Gasteiger charge is -2.32. The molecule has 0 fully saturated rings. The van der Waals surface area contributed by atoms with Gasteiger partial charge in [-0.2, -0.15) is 12.7 Å². The topological polar surface area (TPSA) is 104 Å². The molecule has 0 spiro atoms. The first kappa shape index (κ1) is 18.9. The van der Waals surface area contributed by atoms with Gasteiger partial charge in [0.25, 0.3) is 0 Å². The highest BCUT2D eigenvalue weighted by Crippen LogP contribution is 2.37. The number of aliphatic carboxylic acids is 1. The van der Waals surface area contributed by atoms with Crippen LogP contribution in [0, 0.1) is 0 Å². The van der Waals surface area contributed by atoms with Gasteiger partial charge < -0.3 is 9.84 Å². The number of carboxylic acid groups (broad SMARTS) is 1. The molecule has 0 bridgehead atoms. The van der Waals surface area contributed by atoms with Crippen molar-refractivity contribution < 1.29 is 27.6 Å². The maximum atomic E-state index is 12.0. The molecule has 0 saturated heterocycles. The van der Waals surface area contributed by atoms with Gasteiger partial charge in [-0.15, -0.1) is 0 Å². The minimum Gasteiger partial charge on any atom is -0.496 e. The lowest BCUT2D eigenvalue weighted by atomic mass is 9.97. The Labute approximate surface area is 146 Å². The lowest BCUT2D eigenvalue weighted by Crippen LogP contribution is -2.45. The zero-order valence-electron chi connectivity index (χ0n) is 13.7. The fourth-order valence-electron chi connectivity index (χ4n) is 2.66. The predicted molar refractivity (Wildman–Crippen MR) is 91.8 cm³/mol. The monoisotopic (exact) mass is 365 g/mol. The number of hydrogen-bond donors (Lipinski definition) is 2. The lowest BCUT2D eigenvalue weighted by molar-refractivity contribution is -0.141. The van der Waals surface area contributed by atoms with E-state index in [1.807, 2.05) is 0 Å².